The molecule has 0 unspecified atom stereocenters. The standard InChI is InChI=1S/C8H9NO2/c1-2-5-9-6-3-4-7(9)8(10)11/h2-4,6H,1,5H2,(H,10,11). The predicted octanol–water partition coefficient (Wildman–Crippen LogP) is 1.37. The molecule has 1 aromatic heterocycles. The maximum Gasteiger partial charge on any atom is 0.352 e. The molecule has 1 N–H and O–H groups in total. The minimum Gasteiger partial charge on any atom is -0.477 e. The van der Waals surface area contributed by atoms with Gasteiger partial charge in [-0.25, -0.2) is 4.79 Å². The number of carbonyl (C=O) groups is 1. The van der Waals surface area contributed by atoms with Crippen LogP contribution in [-0.2, 0) is 6.54 Å². The van der Waals surface area contributed by atoms with Gasteiger partial charge in [0.15, 0.2) is 0 Å². The van der Waals surface area contributed by atoms with Crippen molar-refractivity contribution in [3.05, 3.63) is 36.7 Å². The largest absolute Gasteiger partial charge is 0.477 e. The number of aromatic nitrogens is 1. The zero-order valence-electron chi connectivity index (χ0n) is 6.03. The normalized spacial score (nSPS) is 9.45. The van der Waals surface area contributed by atoms with Crippen molar-refractivity contribution in [3.63, 3.8) is 0 Å². The van der Waals surface area contributed by atoms with E-state index < -0.39 is 5.97 Å². The second kappa shape index (κ2) is 3.05. The van der Waals surface area contributed by atoms with Gasteiger partial charge in [-0.3, -0.25) is 0 Å². The lowest BCUT2D eigenvalue weighted by Crippen LogP contribution is -2.05. The van der Waals surface area contributed by atoms with Crippen LogP contribution in [-0.4, -0.2) is 15.6 Å². The molecule has 0 aliphatic rings. The van der Waals surface area contributed by atoms with E-state index in [9.17, 15) is 4.79 Å². The predicted molar refractivity (Wildman–Crippen MR) is 41.6 cm³/mol. The minimum absolute atomic E-state index is 0.296. The lowest BCUT2D eigenvalue weighted by molar-refractivity contribution is 0.0686. The third-order valence-corrected chi connectivity index (χ3v) is 1.37. The summed E-state index contributed by atoms with van der Waals surface area (Å²) in [4.78, 5) is 10.5. The van der Waals surface area contributed by atoms with E-state index >= 15 is 0 Å². The molecule has 0 atom stereocenters. The highest BCUT2D eigenvalue weighted by Gasteiger charge is 2.05. The molecule has 0 aromatic carbocycles. The van der Waals surface area contributed by atoms with Gasteiger partial charge in [-0.15, -0.1) is 6.58 Å². The van der Waals surface area contributed by atoms with E-state index in [2.05, 4.69) is 6.58 Å². The molecule has 0 aliphatic carbocycles. The Kier molecular flexibility index (Phi) is 2.11. The van der Waals surface area contributed by atoms with E-state index in [1.807, 2.05) is 0 Å². The highest BCUT2D eigenvalue weighted by molar-refractivity contribution is 5.85. The second-order valence-corrected chi connectivity index (χ2v) is 2.14. The van der Waals surface area contributed by atoms with Gasteiger partial charge in [0, 0.05) is 12.7 Å². The van der Waals surface area contributed by atoms with Crippen LogP contribution in [0, 0.1) is 0 Å². The Bertz CT molecular complexity index is 275. The lowest BCUT2D eigenvalue weighted by atomic mass is 10.4. The molecule has 0 amide bonds. The summed E-state index contributed by atoms with van der Waals surface area (Å²) in [5, 5.41) is 8.63. The molecule has 11 heavy (non-hydrogen) atoms. The first-order chi connectivity index (χ1) is 5.25. The zero-order chi connectivity index (χ0) is 8.27. The molecule has 58 valence electrons. The van der Waals surface area contributed by atoms with Crippen molar-refractivity contribution in [2.75, 3.05) is 0 Å². The Balaban J connectivity index is 2.95. The zero-order valence-corrected chi connectivity index (χ0v) is 6.03. The molecule has 0 spiro atoms. The van der Waals surface area contributed by atoms with Crippen LogP contribution in [0.5, 0.6) is 0 Å². The number of hydrogen-bond acceptors (Lipinski definition) is 1. The van der Waals surface area contributed by atoms with Crippen LogP contribution < -0.4 is 0 Å². The summed E-state index contributed by atoms with van der Waals surface area (Å²) in [6.07, 6.45) is 3.37. The fourth-order valence-electron chi connectivity index (χ4n) is 0.907. The third-order valence-electron chi connectivity index (χ3n) is 1.37. The van der Waals surface area contributed by atoms with Gasteiger partial charge in [-0.05, 0) is 12.1 Å². The average molecular weight is 151 g/mol. The lowest BCUT2D eigenvalue weighted by Gasteiger charge is -1.99. The molecule has 1 heterocycles. The van der Waals surface area contributed by atoms with Crippen molar-refractivity contribution < 1.29 is 9.90 Å². The number of rotatable bonds is 3. The van der Waals surface area contributed by atoms with Gasteiger partial charge < -0.3 is 9.67 Å². The van der Waals surface area contributed by atoms with Crippen LogP contribution in [0.15, 0.2) is 31.0 Å². The van der Waals surface area contributed by atoms with Crippen LogP contribution >= 0.6 is 0 Å². The summed E-state index contributed by atoms with van der Waals surface area (Å²) < 4.78 is 1.62. The molecular formula is C8H9NO2. The van der Waals surface area contributed by atoms with Crippen LogP contribution in [0.2, 0.25) is 0 Å². The quantitative estimate of drug-likeness (QED) is 0.663. The van der Waals surface area contributed by atoms with E-state index in [1.54, 1.807) is 29.0 Å². The van der Waals surface area contributed by atoms with Gasteiger partial charge in [0.25, 0.3) is 0 Å². The average Bonchev–Trinajstić information content (AvgIpc) is 2.36. The Labute approximate surface area is 64.6 Å². The summed E-state index contributed by atoms with van der Waals surface area (Å²) in [5.41, 5.74) is 0.296. The van der Waals surface area contributed by atoms with Crippen LogP contribution in [0.1, 0.15) is 10.5 Å². The first kappa shape index (κ1) is 7.60. The van der Waals surface area contributed by atoms with E-state index in [0.717, 1.165) is 0 Å². The van der Waals surface area contributed by atoms with Crippen molar-refractivity contribution >= 4 is 5.97 Å². The Hall–Kier alpha value is -1.51. The molecular weight excluding hydrogens is 142 g/mol. The van der Waals surface area contributed by atoms with Crippen molar-refractivity contribution in [3.8, 4) is 0 Å². The Morgan fingerprint density at radius 3 is 3.09 bits per heavy atom. The van der Waals surface area contributed by atoms with Crippen LogP contribution in [0.3, 0.4) is 0 Å². The van der Waals surface area contributed by atoms with E-state index in [0.29, 0.717) is 12.2 Å². The number of allylic oxidation sites excluding steroid dienone is 1. The summed E-state index contributed by atoms with van der Waals surface area (Å²) >= 11 is 0. The topological polar surface area (TPSA) is 42.2 Å². The van der Waals surface area contributed by atoms with E-state index in [1.165, 1.54) is 0 Å². The fraction of sp³-hybridized carbons (Fsp3) is 0.125. The number of aromatic carboxylic acids is 1. The van der Waals surface area contributed by atoms with E-state index in [-0.39, 0.29) is 0 Å². The third kappa shape index (κ3) is 1.49. The Morgan fingerprint density at radius 1 is 1.82 bits per heavy atom. The molecule has 0 bridgehead atoms. The summed E-state index contributed by atoms with van der Waals surface area (Å²) in [5.74, 6) is -0.906. The number of carboxylic acid groups (broad SMARTS) is 1. The number of nitrogens with zero attached hydrogens (tertiary/aromatic N) is 1. The van der Waals surface area contributed by atoms with Gasteiger partial charge in [0.2, 0.25) is 0 Å². The first-order valence-electron chi connectivity index (χ1n) is 3.25. The molecule has 0 aliphatic heterocycles. The molecule has 0 radical (unpaired) electrons. The van der Waals surface area contributed by atoms with Gasteiger partial charge >= 0.3 is 5.97 Å². The van der Waals surface area contributed by atoms with Gasteiger partial charge in [0.1, 0.15) is 5.69 Å². The number of carboxylic acids is 1. The Morgan fingerprint density at radius 2 is 2.55 bits per heavy atom. The van der Waals surface area contributed by atoms with Gasteiger partial charge in [-0.1, -0.05) is 6.08 Å². The first-order valence-corrected chi connectivity index (χ1v) is 3.25. The number of hydrogen-bond donors (Lipinski definition) is 1. The summed E-state index contributed by atoms with van der Waals surface area (Å²) in [7, 11) is 0. The van der Waals surface area contributed by atoms with Crippen molar-refractivity contribution in [2.24, 2.45) is 0 Å². The molecule has 1 aromatic rings. The maximum absolute atomic E-state index is 10.5. The molecule has 0 saturated heterocycles. The molecule has 3 nitrogen and oxygen atoms in total. The molecule has 1 rings (SSSR count). The monoisotopic (exact) mass is 151 g/mol. The van der Waals surface area contributed by atoms with Gasteiger partial charge in [-0.2, -0.15) is 0 Å². The molecule has 0 saturated carbocycles. The van der Waals surface area contributed by atoms with E-state index in [4.69, 9.17) is 5.11 Å². The fourth-order valence-corrected chi connectivity index (χ4v) is 0.907. The maximum atomic E-state index is 10.5. The SMILES string of the molecule is C=CCn1cccc1C(=O)O. The molecule has 0 fully saturated rings. The van der Waals surface area contributed by atoms with Crippen LogP contribution in [0.25, 0.3) is 0 Å². The smallest absolute Gasteiger partial charge is 0.352 e. The summed E-state index contributed by atoms with van der Waals surface area (Å²) in [6, 6.07) is 3.26. The van der Waals surface area contributed by atoms with Gasteiger partial charge in [0.05, 0.1) is 0 Å². The highest BCUT2D eigenvalue weighted by Crippen LogP contribution is 2.01. The van der Waals surface area contributed by atoms with Crippen LogP contribution in [0.4, 0.5) is 0 Å². The second-order valence-electron chi connectivity index (χ2n) is 2.14. The van der Waals surface area contributed by atoms with Crippen molar-refractivity contribution in [1.29, 1.82) is 0 Å². The van der Waals surface area contributed by atoms with Crippen molar-refractivity contribution in [2.45, 2.75) is 6.54 Å². The minimum atomic E-state index is -0.906. The summed E-state index contributed by atoms with van der Waals surface area (Å²) in [6.45, 7) is 4.06. The highest BCUT2D eigenvalue weighted by atomic mass is 16.4. The molecule has 3 heteroatoms. The van der Waals surface area contributed by atoms with Crippen molar-refractivity contribution in [1.82, 2.24) is 4.57 Å².